The summed E-state index contributed by atoms with van der Waals surface area (Å²) in [4.78, 5) is 34.8. The van der Waals surface area contributed by atoms with Crippen LogP contribution in [0.2, 0.25) is 0 Å². The maximum absolute atomic E-state index is 12.4. The topological polar surface area (TPSA) is 131 Å². The number of non-ortho nitro benzene ring substituents is 1. The van der Waals surface area contributed by atoms with Crippen molar-refractivity contribution in [1.82, 2.24) is 15.1 Å². The summed E-state index contributed by atoms with van der Waals surface area (Å²) < 4.78 is 1.53. The van der Waals surface area contributed by atoms with Gasteiger partial charge in [-0.3, -0.25) is 19.8 Å². The van der Waals surface area contributed by atoms with Crippen molar-refractivity contribution < 1.29 is 19.6 Å². The molecule has 0 radical (unpaired) electrons. The number of amides is 2. The van der Waals surface area contributed by atoms with Crippen molar-refractivity contribution in [3.05, 3.63) is 58.3 Å². The van der Waals surface area contributed by atoms with E-state index in [1.54, 1.807) is 24.3 Å². The van der Waals surface area contributed by atoms with Crippen LogP contribution in [0.3, 0.4) is 0 Å². The number of nitro benzene ring substituents is 1. The van der Waals surface area contributed by atoms with E-state index in [1.807, 2.05) is 0 Å². The van der Waals surface area contributed by atoms with E-state index < -0.39 is 11.0 Å². The Hall–Kier alpha value is -3.69. The third-order valence-corrected chi connectivity index (χ3v) is 3.86. The molecule has 26 heavy (non-hydrogen) atoms. The highest BCUT2D eigenvalue weighted by Crippen LogP contribution is 2.29. The number of carboxylic acid groups (broad SMARTS) is 1. The van der Waals surface area contributed by atoms with Crippen LogP contribution in [0, 0.1) is 10.1 Å². The van der Waals surface area contributed by atoms with Gasteiger partial charge >= 0.3 is 6.09 Å². The highest BCUT2D eigenvalue weighted by molar-refractivity contribution is 5.95. The number of aromatic nitrogens is 2. The van der Waals surface area contributed by atoms with Crippen LogP contribution in [0.25, 0.3) is 5.70 Å². The second-order valence-corrected chi connectivity index (χ2v) is 5.48. The third kappa shape index (κ3) is 3.38. The number of carbonyl (C=O) groups is 2. The lowest BCUT2D eigenvalue weighted by Gasteiger charge is -2.27. The van der Waals surface area contributed by atoms with E-state index in [9.17, 15) is 19.7 Å². The van der Waals surface area contributed by atoms with Crippen LogP contribution in [0.4, 0.5) is 16.3 Å². The molecule has 1 aromatic heterocycles. The largest absolute Gasteiger partial charge is 0.465 e. The van der Waals surface area contributed by atoms with Crippen LogP contribution in [0.15, 0.2) is 42.6 Å². The minimum absolute atomic E-state index is 0.0114. The smallest absolute Gasteiger partial charge is 0.404 e. The number of nitrogens with one attached hydrogen (secondary N) is 1. The zero-order valence-electron chi connectivity index (χ0n) is 13.5. The Labute approximate surface area is 147 Å². The predicted molar refractivity (Wildman–Crippen MR) is 91.7 cm³/mol. The highest BCUT2D eigenvalue weighted by atomic mass is 16.6. The van der Waals surface area contributed by atoms with Crippen molar-refractivity contribution in [2.24, 2.45) is 0 Å². The minimum atomic E-state index is -1.19. The van der Waals surface area contributed by atoms with Crippen molar-refractivity contribution in [1.29, 1.82) is 0 Å². The molecule has 0 aliphatic carbocycles. The summed E-state index contributed by atoms with van der Waals surface area (Å²) in [7, 11) is 0. The molecule has 0 fully saturated rings. The van der Waals surface area contributed by atoms with Crippen molar-refractivity contribution in [2.45, 2.75) is 6.42 Å². The average Bonchev–Trinajstić information content (AvgIpc) is 3.10. The molecule has 0 saturated heterocycles. The van der Waals surface area contributed by atoms with Gasteiger partial charge in [-0.15, -0.1) is 0 Å². The first-order valence-corrected chi connectivity index (χ1v) is 7.74. The van der Waals surface area contributed by atoms with Crippen molar-refractivity contribution in [2.75, 3.05) is 18.0 Å². The Kier molecular flexibility index (Phi) is 4.65. The summed E-state index contributed by atoms with van der Waals surface area (Å²) in [5.74, 6) is 0.268. The van der Waals surface area contributed by atoms with E-state index >= 15 is 0 Å². The Bertz CT molecular complexity index is 904. The average molecular weight is 357 g/mol. The Morgan fingerprint density at radius 3 is 2.88 bits per heavy atom. The summed E-state index contributed by atoms with van der Waals surface area (Å²) in [6.45, 7) is 0.274. The molecule has 2 aromatic rings. The quantitative estimate of drug-likeness (QED) is 0.618. The number of hydrogen-bond donors (Lipinski definition) is 2. The summed E-state index contributed by atoms with van der Waals surface area (Å²) in [6, 6.07) is 7.84. The van der Waals surface area contributed by atoms with Crippen LogP contribution in [-0.2, 0) is 4.79 Å². The number of nitrogens with zero attached hydrogens (tertiary/aromatic N) is 4. The molecule has 2 heterocycles. The van der Waals surface area contributed by atoms with Gasteiger partial charge in [0.05, 0.1) is 16.8 Å². The fraction of sp³-hybridized carbons (Fsp3) is 0.188. The number of anilines is 1. The van der Waals surface area contributed by atoms with Crippen LogP contribution in [0.1, 0.15) is 12.0 Å². The maximum atomic E-state index is 12.4. The predicted octanol–water partition coefficient (Wildman–Crippen LogP) is 1.68. The van der Waals surface area contributed by atoms with Crippen molar-refractivity contribution >= 4 is 29.2 Å². The van der Waals surface area contributed by atoms with Gasteiger partial charge in [0.25, 0.3) is 5.69 Å². The normalized spacial score (nSPS) is 12.9. The third-order valence-electron chi connectivity index (χ3n) is 3.86. The van der Waals surface area contributed by atoms with Gasteiger partial charge in [0, 0.05) is 43.3 Å². The SMILES string of the molecule is O=C(O)NCCC(=O)N1CC=C(c2cccc([N+](=O)[O-])c2)n2nccc21. The van der Waals surface area contributed by atoms with Gasteiger partial charge in [-0.05, 0) is 6.08 Å². The van der Waals surface area contributed by atoms with Crippen molar-refractivity contribution in [3.8, 4) is 0 Å². The van der Waals surface area contributed by atoms with E-state index in [0.29, 0.717) is 17.1 Å². The Morgan fingerprint density at radius 1 is 1.35 bits per heavy atom. The molecular weight excluding hydrogens is 342 g/mol. The van der Waals surface area contributed by atoms with Crippen molar-refractivity contribution in [3.63, 3.8) is 0 Å². The number of fused-ring (bicyclic) bond motifs is 1. The van der Waals surface area contributed by atoms with Crippen LogP contribution in [0.5, 0.6) is 0 Å². The van der Waals surface area contributed by atoms with E-state index in [0.717, 1.165) is 0 Å². The zero-order valence-corrected chi connectivity index (χ0v) is 13.5. The fourth-order valence-electron chi connectivity index (χ4n) is 2.70. The minimum Gasteiger partial charge on any atom is -0.465 e. The number of benzene rings is 1. The number of carbonyl (C=O) groups excluding carboxylic acids is 1. The summed E-state index contributed by atoms with van der Waals surface area (Å²) in [5.41, 5.74) is 1.22. The Balaban J connectivity index is 1.84. The monoisotopic (exact) mass is 357 g/mol. The molecule has 0 saturated carbocycles. The molecule has 10 nitrogen and oxygen atoms in total. The summed E-state index contributed by atoms with van der Waals surface area (Å²) >= 11 is 0. The van der Waals surface area contributed by atoms with E-state index in [4.69, 9.17) is 5.11 Å². The molecular formula is C16H15N5O5. The second-order valence-electron chi connectivity index (χ2n) is 5.48. The van der Waals surface area contributed by atoms with Crippen LogP contribution < -0.4 is 10.2 Å². The molecule has 10 heteroatoms. The maximum Gasteiger partial charge on any atom is 0.404 e. The second kappa shape index (κ2) is 7.05. The summed E-state index contributed by atoms with van der Waals surface area (Å²) in [6.07, 6.45) is 2.11. The molecule has 2 N–H and O–H groups in total. The first-order chi connectivity index (χ1) is 12.5. The molecule has 1 aliphatic rings. The van der Waals surface area contributed by atoms with Gasteiger partial charge in [-0.1, -0.05) is 12.1 Å². The molecule has 2 amide bonds. The zero-order chi connectivity index (χ0) is 18.7. The molecule has 0 unspecified atom stereocenters. The lowest BCUT2D eigenvalue weighted by molar-refractivity contribution is -0.384. The van der Waals surface area contributed by atoms with E-state index in [-0.39, 0.29) is 31.1 Å². The molecule has 1 aliphatic heterocycles. The van der Waals surface area contributed by atoms with Gasteiger partial charge in [0.15, 0.2) is 0 Å². The number of rotatable bonds is 5. The first kappa shape index (κ1) is 17.1. The van der Waals surface area contributed by atoms with Crippen LogP contribution in [-0.4, -0.2) is 44.9 Å². The van der Waals surface area contributed by atoms with Gasteiger partial charge < -0.3 is 10.4 Å². The number of hydrogen-bond acceptors (Lipinski definition) is 5. The van der Waals surface area contributed by atoms with Gasteiger partial charge in [-0.25, -0.2) is 9.48 Å². The lowest BCUT2D eigenvalue weighted by atomic mass is 10.1. The summed E-state index contributed by atoms with van der Waals surface area (Å²) in [5, 5.41) is 25.9. The molecule has 134 valence electrons. The molecule has 1 aromatic carbocycles. The Morgan fingerprint density at radius 2 is 2.15 bits per heavy atom. The van der Waals surface area contributed by atoms with Gasteiger partial charge in [-0.2, -0.15) is 5.10 Å². The number of nitro groups is 1. The lowest BCUT2D eigenvalue weighted by Crippen LogP contribution is -2.37. The standard InChI is InChI=1S/C16H15N5O5/c22-15(5-7-17-16(23)24)19-9-6-13(20-14(19)4-8-18-20)11-2-1-3-12(10-11)21(25)26/h1-4,6,8,10,17H,5,7,9H2,(H,23,24). The van der Waals surface area contributed by atoms with E-state index in [1.165, 1.54) is 27.9 Å². The van der Waals surface area contributed by atoms with Gasteiger partial charge in [0.2, 0.25) is 5.91 Å². The molecule has 0 atom stereocenters. The first-order valence-electron chi connectivity index (χ1n) is 7.74. The molecule has 0 bridgehead atoms. The van der Waals surface area contributed by atoms with E-state index in [2.05, 4.69) is 10.4 Å². The molecule has 3 rings (SSSR count). The van der Waals surface area contributed by atoms with Gasteiger partial charge in [0.1, 0.15) is 5.82 Å². The molecule has 0 spiro atoms. The van der Waals surface area contributed by atoms with Crippen LogP contribution >= 0.6 is 0 Å². The fourth-order valence-corrected chi connectivity index (χ4v) is 2.70. The highest BCUT2D eigenvalue weighted by Gasteiger charge is 2.25.